The van der Waals surface area contributed by atoms with E-state index in [4.69, 9.17) is 5.73 Å². The molecular weight excluding hydrogens is 162 g/mol. The van der Waals surface area contributed by atoms with Gasteiger partial charge in [-0.2, -0.15) is 0 Å². The van der Waals surface area contributed by atoms with Gasteiger partial charge in [0.2, 0.25) is 0 Å². The second-order valence-corrected chi connectivity index (χ2v) is 3.63. The molecule has 3 nitrogen and oxygen atoms in total. The van der Waals surface area contributed by atoms with E-state index in [1.165, 1.54) is 25.7 Å². The van der Waals surface area contributed by atoms with Crippen molar-refractivity contribution in [3.63, 3.8) is 0 Å². The van der Waals surface area contributed by atoms with Crippen LogP contribution in [-0.2, 0) is 0 Å². The Hall–Kier alpha value is -1.25. The average Bonchev–Trinajstić information content (AvgIpc) is 2.57. The highest BCUT2D eigenvalue weighted by Crippen LogP contribution is 2.22. The monoisotopic (exact) mass is 177 g/mol. The van der Waals surface area contributed by atoms with Gasteiger partial charge in [0, 0.05) is 12.2 Å². The summed E-state index contributed by atoms with van der Waals surface area (Å²) in [6.07, 6.45) is 8.72. The van der Waals surface area contributed by atoms with E-state index in [-0.39, 0.29) is 0 Å². The summed E-state index contributed by atoms with van der Waals surface area (Å²) < 4.78 is 0. The van der Waals surface area contributed by atoms with Gasteiger partial charge in [-0.3, -0.25) is 4.98 Å². The highest BCUT2D eigenvalue weighted by Gasteiger charge is 2.14. The Balaban J connectivity index is 2.00. The van der Waals surface area contributed by atoms with Crippen LogP contribution in [0.25, 0.3) is 0 Å². The third-order valence-corrected chi connectivity index (χ3v) is 2.49. The highest BCUT2D eigenvalue weighted by molar-refractivity contribution is 5.51. The number of aromatic nitrogens is 1. The Morgan fingerprint density at radius 2 is 2.08 bits per heavy atom. The molecular formula is C10H15N3. The molecule has 0 atom stereocenters. The van der Waals surface area contributed by atoms with Gasteiger partial charge in [0.1, 0.15) is 0 Å². The Kier molecular flexibility index (Phi) is 2.34. The second kappa shape index (κ2) is 3.64. The largest absolute Gasteiger partial charge is 0.397 e. The molecule has 0 aromatic carbocycles. The molecule has 1 aliphatic rings. The van der Waals surface area contributed by atoms with Crippen LogP contribution in [0.4, 0.5) is 11.4 Å². The van der Waals surface area contributed by atoms with Gasteiger partial charge in [0.25, 0.3) is 0 Å². The Bertz CT molecular complexity index is 279. The van der Waals surface area contributed by atoms with E-state index in [0.29, 0.717) is 6.04 Å². The zero-order chi connectivity index (χ0) is 9.10. The van der Waals surface area contributed by atoms with Gasteiger partial charge in [0.15, 0.2) is 0 Å². The van der Waals surface area contributed by atoms with E-state index < -0.39 is 0 Å². The normalized spacial score (nSPS) is 17.5. The number of nitrogens with two attached hydrogens (primary N) is 1. The first kappa shape index (κ1) is 8.35. The maximum Gasteiger partial charge on any atom is 0.0549 e. The first-order valence-corrected chi connectivity index (χ1v) is 4.81. The minimum Gasteiger partial charge on any atom is -0.397 e. The van der Waals surface area contributed by atoms with Gasteiger partial charge in [-0.15, -0.1) is 0 Å². The molecule has 13 heavy (non-hydrogen) atoms. The van der Waals surface area contributed by atoms with Crippen LogP contribution >= 0.6 is 0 Å². The molecule has 0 amide bonds. The summed E-state index contributed by atoms with van der Waals surface area (Å²) in [5.41, 5.74) is 7.40. The Morgan fingerprint density at radius 1 is 1.31 bits per heavy atom. The van der Waals surface area contributed by atoms with Crippen molar-refractivity contribution >= 4 is 11.4 Å². The molecule has 3 N–H and O–H groups in total. The summed E-state index contributed by atoms with van der Waals surface area (Å²) >= 11 is 0. The van der Waals surface area contributed by atoms with Crippen LogP contribution in [0.15, 0.2) is 18.5 Å². The maximum atomic E-state index is 5.63. The van der Waals surface area contributed by atoms with Crippen LogP contribution < -0.4 is 11.1 Å². The van der Waals surface area contributed by atoms with E-state index in [0.717, 1.165) is 11.4 Å². The fraction of sp³-hybridized carbons (Fsp3) is 0.500. The van der Waals surface area contributed by atoms with Crippen molar-refractivity contribution in [3.8, 4) is 0 Å². The molecule has 0 spiro atoms. The lowest BCUT2D eigenvalue weighted by atomic mass is 10.2. The van der Waals surface area contributed by atoms with E-state index in [1.807, 2.05) is 12.3 Å². The minimum absolute atomic E-state index is 0.628. The molecule has 3 heteroatoms. The lowest BCUT2D eigenvalue weighted by Gasteiger charge is -2.12. The molecule has 1 saturated carbocycles. The SMILES string of the molecule is Nc1cncc(NC2CCCC2)c1. The minimum atomic E-state index is 0.628. The molecule has 1 aromatic rings. The Morgan fingerprint density at radius 3 is 2.77 bits per heavy atom. The number of nitrogen functional groups attached to an aromatic ring is 1. The van der Waals surface area contributed by atoms with Gasteiger partial charge < -0.3 is 11.1 Å². The van der Waals surface area contributed by atoms with Crippen molar-refractivity contribution < 1.29 is 0 Å². The van der Waals surface area contributed by atoms with Gasteiger partial charge >= 0.3 is 0 Å². The van der Waals surface area contributed by atoms with E-state index in [2.05, 4.69) is 10.3 Å². The summed E-state index contributed by atoms with van der Waals surface area (Å²) in [6, 6.07) is 2.56. The number of anilines is 2. The summed E-state index contributed by atoms with van der Waals surface area (Å²) in [4.78, 5) is 4.04. The van der Waals surface area contributed by atoms with E-state index in [1.54, 1.807) is 6.20 Å². The van der Waals surface area contributed by atoms with Gasteiger partial charge in [-0.05, 0) is 18.9 Å². The number of rotatable bonds is 2. The molecule has 0 unspecified atom stereocenters. The third-order valence-electron chi connectivity index (χ3n) is 2.49. The first-order valence-electron chi connectivity index (χ1n) is 4.81. The summed E-state index contributed by atoms with van der Waals surface area (Å²) in [5, 5.41) is 3.44. The molecule has 0 radical (unpaired) electrons. The lowest BCUT2D eigenvalue weighted by Crippen LogP contribution is -2.14. The van der Waals surface area contributed by atoms with Crippen LogP contribution in [0.5, 0.6) is 0 Å². The van der Waals surface area contributed by atoms with Crippen LogP contribution in [0, 0.1) is 0 Å². The van der Waals surface area contributed by atoms with Crippen molar-refractivity contribution in [2.45, 2.75) is 31.7 Å². The van der Waals surface area contributed by atoms with Crippen molar-refractivity contribution in [3.05, 3.63) is 18.5 Å². The van der Waals surface area contributed by atoms with Crippen LogP contribution in [0.1, 0.15) is 25.7 Å². The topological polar surface area (TPSA) is 50.9 Å². The molecule has 1 fully saturated rings. The summed E-state index contributed by atoms with van der Waals surface area (Å²) in [7, 11) is 0. The molecule has 2 rings (SSSR count). The van der Waals surface area contributed by atoms with Crippen LogP contribution in [0.3, 0.4) is 0 Å². The highest BCUT2D eigenvalue weighted by atomic mass is 14.9. The predicted molar refractivity (Wildman–Crippen MR) is 54.5 cm³/mol. The zero-order valence-electron chi connectivity index (χ0n) is 7.66. The molecule has 1 aliphatic carbocycles. The standard InChI is InChI=1S/C10H15N3/c11-8-5-10(7-12-6-8)13-9-3-1-2-4-9/h5-7,9,13H,1-4,11H2. The van der Waals surface area contributed by atoms with Crippen molar-refractivity contribution in [2.75, 3.05) is 11.1 Å². The average molecular weight is 177 g/mol. The van der Waals surface area contributed by atoms with Crippen LogP contribution in [-0.4, -0.2) is 11.0 Å². The first-order chi connectivity index (χ1) is 6.34. The number of hydrogen-bond acceptors (Lipinski definition) is 3. The number of nitrogens with one attached hydrogen (secondary N) is 1. The fourth-order valence-electron chi connectivity index (χ4n) is 1.84. The molecule has 0 aliphatic heterocycles. The fourth-order valence-corrected chi connectivity index (χ4v) is 1.84. The van der Waals surface area contributed by atoms with Gasteiger partial charge in [0.05, 0.1) is 17.6 Å². The zero-order valence-corrected chi connectivity index (χ0v) is 7.66. The third kappa shape index (κ3) is 2.11. The van der Waals surface area contributed by atoms with Crippen LogP contribution in [0.2, 0.25) is 0 Å². The smallest absolute Gasteiger partial charge is 0.0549 e. The lowest BCUT2D eigenvalue weighted by molar-refractivity contribution is 0.755. The summed E-state index contributed by atoms with van der Waals surface area (Å²) in [6.45, 7) is 0. The van der Waals surface area contributed by atoms with Gasteiger partial charge in [-0.1, -0.05) is 12.8 Å². The quantitative estimate of drug-likeness (QED) is 0.726. The Labute approximate surface area is 78.4 Å². The molecule has 1 heterocycles. The molecule has 70 valence electrons. The second-order valence-electron chi connectivity index (χ2n) is 3.63. The maximum absolute atomic E-state index is 5.63. The van der Waals surface area contributed by atoms with E-state index >= 15 is 0 Å². The molecule has 0 bridgehead atoms. The van der Waals surface area contributed by atoms with E-state index in [9.17, 15) is 0 Å². The number of nitrogens with zero attached hydrogens (tertiary/aromatic N) is 1. The predicted octanol–water partition coefficient (Wildman–Crippen LogP) is 2.02. The number of hydrogen-bond donors (Lipinski definition) is 2. The summed E-state index contributed by atoms with van der Waals surface area (Å²) in [5.74, 6) is 0. The molecule has 1 aromatic heterocycles. The molecule has 0 saturated heterocycles. The van der Waals surface area contributed by atoms with Crippen molar-refractivity contribution in [2.24, 2.45) is 0 Å². The number of pyridine rings is 1. The van der Waals surface area contributed by atoms with Gasteiger partial charge in [-0.25, -0.2) is 0 Å². The van der Waals surface area contributed by atoms with Crippen molar-refractivity contribution in [1.82, 2.24) is 4.98 Å². The van der Waals surface area contributed by atoms with Crippen molar-refractivity contribution in [1.29, 1.82) is 0 Å².